The number of carbonyl (C=O) groups is 2. The van der Waals surface area contributed by atoms with Crippen molar-refractivity contribution in [3.05, 3.63) is 84.1 Å². The van der Waals surface area contributed by atoms with Crippen LogP contribution < -0.4 is 19.7 Å². The number of nitrogens with one attached hydrogen (secondary N) is 1. The fourth-order valence-corrected chi connectivity index (χ4v) is 4.23. The maximum atomic E-state index is 13.3. The van der Waals surface area contributed by atoms with Gasteiger partial charge in [0, 0.05) is 5.56 Å². The van der Waals surface area contributed by atoms with Crippen LogP contribution >= 0.6 is 11.8 Å². The summed E-state index contributed by atoms with van der Waals surface area (Å²) < 4.78 is 47.2. The van der Waals surface area contributed by atoms with Gasteiger partial charge in [0.2, 0.25) is 5.91 Å². The molecule has 0 atom stereocenters. The first kappa shape index (κ1) is 26.6. The number of rotatable bonds is 7. The molecule has 0 aromatic heterocycles. The van der Waals surface area contributed by atoms with Crippen LogP contribution in [0.15, 0.2) is 83.5 Å². The van der Waals surface area contributed by atoms with Gasteiger partial charge in [0.25, 0.3) is 5.91 Å². The third-order valence-electron chi connectivity index (χ3n) is 5.09. The Morgan fingerprint density at radius 1 is 1.11 bits per heavy atom. The lowest BCUT2D eigenvalue weighted by atomic mass is 10.1. The minimum Gasteiger partial charge on any atom is -0.507 e. The summed E-state index contributed by atoms with van der Waals surface area (Å²) in [5, 5.41) is 12.8. The Morgan fingerprint density at radius 2 is 1.82 bits per heavy atom. The first-order valence-electron chi connectivity index (χ1n) is 11.0. The quantitative estimate of drug-likeness (QED) is 0.387. The van der Waals surface area contributed by atoms with E-state index in [-0.39, 0.29) is 28.1 Å². The number of phenols is 1. The standard InChI is InChI=1S/C26H20F3N3O5S/c1-36-18-11-12-21(33)16(13-18)14-20-24(35)32(17-7-3-2-4-8-17)25(31-20)38-15-23(34)30-19-9-5-6-10-22(19)37-26(27,28)29/h2-14,33H,15H2,1H3,(H,30,34). The van der Waals surface area contributed by atoms with Crippen molar-refractivity contribution in [1.29, 1.82) is 0 Å². The number of benzene rings is 3. The number of thioether (sulfide) groups is 1. The Morgan fingerprint density at radius 3 is 2.53 bits per heavy atom. The summed E-state index contributed by atoms with van der Waals surface area (Å²) in [6.45, 7) is 0. The second-order valence-corrected chi connectivity index (χ2v) is 8.65. The van der Waals surface area contributed by atoms with Gasteiger partial charge in [-0.2, -0.15) is 0 Å². The molecular formula is C26H20F3N3O5S. The molecule has 2 N–H and O–H groups in total. The van der Waals surface area contributed by atoms with Crippen LogP contribution in [0.25, 0.3) is 6.08 Å². The molecule has 0 bridgehead atoms. The van der Waals surface area contributed by atoms with Crippen LogP contribution in [0.2, 0.25) is 0 Å². The van der Waals surface area contributed by atoms with Crippen molar-refractivity contribution >= 4 is 46.2 Å². The first-order valence-corrected chi connectivity index (χ1v) is 12.0. The molecule has 3 aromatic rings. The predicted molar refractivity (Wildman–Crippen MR) is 138 cm³/mol. The largest absolute Gasteiger partial charge is 0.573 e. The van der Waals surface area contributed by atoms with Gasteiger partial charge in [0.1, 0.15) is 17.2 Å². The summed E-state index contributed by atoms with van der Waals surface area (Å²) in [6.07, 6.45) is -3.53. The number of anilines is 2. The molecule has 0 radical (unpaired) electrons. The molecule has 196 valence electrons. The third kappa shape index (κ3) is 6.45. The number of amidine groups is 1. The minimum absolute atomic E-state index is 0.00392. The van der Waals surface area contributed by atoms with Crippen molar-refractivity contribution < 1.29 is 37.3 Å². The molecule has 0 saturated heterocycles. The van der Waals surface area contributed by atoms with Crippen molar-refractivity contribution in [2.45, 2.75) is 6.36 Å². The molecule has 0 aliphatic carbocycles. The van der Waals surface area contributed by atoms with Crippen LogP contribution in [0.1, 0.15) is 5.56 Å². The number of nitrogens with zero attached hydrogens (tertiary/aromatic N) is 2. The molecule has 0 spiro atoms. The molecule has 1 heterocycles. The number of alkyl halides is 3. The highest BCUT2D eigenvalue weighted by Crippen LogP contribution is 2.33. The lowest BCUT2D eigenvalue weighted by Crippen LogP contribution is -2.31. The molecule has 1 aliphatic rings. The van der Waals surface area contributed by atoms with Gasteiger partial charge < -0.3 is 19.9 Å². The molecule has 12 heteroatoms. The van der Waals surface area contributed by atoms with E-state index in [1.165, 1.54) is 48.4 Å². The highest BCUT2D eigenvalue weighted by Gasteiger charge is 2.34. The van der Waals surface area contributed by atoms with Gasteiger partial charge in [-0.05, 0) is 48.5 Å². The van der Waals surface area contributed by atoms with E-state index in [0.717, 1.165) is 17.8 Å². The van der Waals surface area contributed by atoms with Gasteiger partial charge in [-0.3, -0.25) is 14.5 Å². The number of aliphatic imine (C=N–C) groups is 1. The van der Waals surface area contributed by atoms with E-state index >= 15 is 0 Å². The minimum atomic E-state index is -4.93. The third-order valence-corrected chi connectivity index (χ3v) is 6.03. The van der Waals surface area contributed by atoms with E-state index in [4.69, 9.17) is 4.74 Å². The fraction of sp³-hybridized carbons (Fsp3) is 0.115. The van der Waals surface area contributed by atoms with Gasteiger partial charge in [-0.1, -0.05) is 42.1 Å². The van der Waals surface area contributed by atoms with Gasteiger partial charge in [-0.25, -0.2) is 4.99 Å². The van der Waals surface area contributed by atoms with Crippen molar-refractivity contribution in [3.8, 4) is 17.2 Å². The monoisotopic (exact) mass is 543 g/mol. The zero-order valence-corrected chi connectivity index (χ0v) is 20.5. The average molecular weight is 544 g/mol. The average Bonchev–Trinajstić information content (AvgIpc) is 3.19. The van der Waals surface area contributed by atoms with E-state index in [0.29, 0.717) is 17.0 Å². The summed E-state index contributed by atoms with van der Waals surface area (Å²) in [5.74, 6) is -1.59. The Labute approximate surface area is 219 Å². The normalized spacial score (nSPS) is 14.4. The van der Waals surface area contributed by atoms with Gasteiger partial charge in [-0.15, -0.1) is 13.2 Å². The van der Waals surface area contributed by atoms with Crippen LogP contribution in [0.3, 0.4) is 0 Å². The molecule has 2 amide bonds. The fourth-order valence-electron chi connectivity index (χ4n) is 3.42. The number of phenolic OH excluding ortho intramolecular Hbond substituents is 1. The SMILES string of the molecule is COc1ccc(O)c(C=C2N=C(SCC(=O)Nc3ccccc3OC(F)(F)F)N(c3ccccc3)C2=O)c1. The zero-order chi connectivity index (χ0) is 27.3. The highest BCUT2D eigenvalue weighted by atomic mass is 32.2. The number of carbonyl (C=O) groups excluding carboxylic acids is 2. The summed E-state index contributed by atoms with van der Waals surface area (Å²) in [7, 11) is 1.47. The number of methoxy groups -OCH3 is 1. The summed E-state index contributed by atoms with van der Waals surface area (Å²) in [6, 6.07) is 18.3. The van der Waals surface area contributed by atoms with Crippen LogP contribution in [0.4, 0.5) is 24.5 Å². The molecule has 8 nitrogen and oxygen atoms in total. The number of amides is 2. The number of ether oxygens (including phenoxy) is 2. The molecule has 0 saturated carbocycles. The van der Waals surface area contributed by atoms with E-state index in [9.17, 15) is 27.9 Å². The first-order chi connectivity index (χ1) is 18.1. The van der Waals surface area contributed by atoms with Crippen LogP contribution in [0, 0.1) is 0 Å². The molecule has 3 aromatic carbocycles. The lowest BCUT2D eigenvalue weighted by molar-refractivity contribution is -0.274. The van der Waals surface area contributed by atoms with Gasteiger partial charge in [0.15, 0.2) is 10.9 Å². The second-order valence-electron chi connectivity index (χ2n) is 7.71. The summed E-state index contributed by atoms with van der Waals surface area (Å²) in [4.78, 5) is 31.6. The second kappa shape index (κ2) is 11.3. The Balaban J connectivity index is 1.57. The topological polar surface area (TPSA) is 100 Å². The van der Waals surface area contributed by atoms with Crippen molar-refractivity contribution in [3.63, 3.8) is 0 Å². The molecular weight excluding hydrogens is 523 g/mol. The van der Waals surface area contributed by atoms with Gasteiger partial charge >= 0.3 is 6.36 Å². The number of hydrogen-bond acceptors (Lipinski definition) is 7. The molecule has 0 fully saturated rings. The van der Waals surface area contributed by atoms with E-state index in [1.54, 1.807) is 36.4 Å². The van der Waals surface area contributed by atoms with Crippen molar-refractivity contribution in [2.24, 2.45) is 4.99 Å². The maximum Gasteiger partial charge on any atom is 0.573 e. The Kier molecular flexibility index (Phi) is 7.91. The number of halogens is 3. The molecule has 38 heavy (non-hydrogen) atoms. The van der Waals surface area contributed by atoms with E-state index in [2.05, 4.69) is 15.0 Å². The zero-order valence-electron chi connectivity index (χ0n) is 19.7. The molecule has 1 aliphatic heterocycles. The van der Waals surface area contributed by atoms with Crippen LogP contribution in [-0.2, 0) is 9.59 Å². The number of aromatic hydroxyl groups is 1. The molecule has 0 unspecified atom stereocenters. The maximum absolute atomic E-state index is 13.3. The van der Waals surface area contributed by atoms with Crippen molar-refractivity contribution in [1.82, 2.24) is 0 Å². The number of hydrogen-bond donors (Lipinski definition) is 2. The summed E-state index contributed by atoms with van der Waals surface area (Å²) >= 11 is 0.915. The predicted octanol–water partition coefficient (Wildman–Crippen LogP) is 5.42. The van der Waals surface area contributed by atoms with Crippen LogP contribution in [-0.4, -0.2) is 41.3 Å². The Hall–Kier alpha value is -4.45. The van der Waals surface area contributed by atoms with E-state index in [1.807, 2.05) is 0 Å². The lowest BCUT2D eigenvalue weighted by Gasteiger charge is -2.18. The van der Waals surface area contributed by atoms with E-state index < -0.39 is 23.9 Å². The smallest absolute Gasteiger partial charge is 0.507 e. The Bertz CT molecular complexity index is 1410. The highest BCUT2D eigenvalue weighted by molar-refractivity contribution is 8.14. The molecule has 4 rings (SSSR count). The summed E-state index contributed by atoms with van der Waals surface area (Å²) in [5.41, 5.74) is 0.638. The van der Waals surface area contributed by atoms with Crippen LogP contribution in [0.5, 0.6) is 17.2 Å². The van der Waals surface area contributed by atoms with Gasteiger partial charge in [0.05, 0.1) is 24.2 Å². The number of para-hydroxylation sites is 3. The van der Waals surface area contributed by atoms with Crippen molar-refractivity contribution in [2.75, 3.05) is 23.1 Å².